The van der Waals surface area contributed by atoms with Crippen molar-refractivity contribution in [2.75, 3.05) is 7.05 Å². The summed E-state index contributed by atoms with van der Waals surface area (Å²) in [4.78, 5) is 0. The third-order valence-electron chi connectivity index (χ3n) is 2.49. The monoisotopic (exact) mass is 182 g/mol. The Balaban J connectivity index is 2.84. The van der Waals surface area contributed by atoms with Gasteiger partial charge in [0.2, 0.25) is 0 Å². The number of nitrogens with two attached hydrogens (primary N) is 1. The first-order valence-electron chi connectivity index (χ1n) is 4.48. The standard InChI is InChI=1S/C10H18N2O/c1-7-5-6-8(13-7)9(11)10(2,3)12-4/h5-6,9,12H,11H2,1-4H3. The van der Waals surface area contributed by atoms with Crippen molar-refractivity contribution in [3.05, 3.63) is 23.7 Å². The molecule has 0 radical (unpaired) electrons. The highest BCUT2D eigenvalue weighted by Gasteiger charge is 2.27. The van der Waals surface area contributed by atoms with E-state index < -0.39 is 0 Å². The average molecular weight is 182 g/mol. The lowest BCUT2D eigenvalue weighted by atomic mass is 9.94. The first-order valence-corrected chi connectivity index (χ1v) is 4.48. The normalized spacial score (nSPS) is 14.5. The van der Waals surface area contributed by atoms with Crippen molar-refractivity contribution in [2.45, 2.75) is 32.4 Å². The Morgan fingerprint density at radius 2 is 2.08 bits per heavy atom. The molecule has 0 fully saturated rings. The van der Waals surface area contributed by atoms with Crippen molar-refractivity contribution < 1.29 is 4.42 Å². The molecule has 0 saturated carbocycles. The molecule has 0 spiro atoms. The van der Waals surface area contributed by atoms with Gasteiger partial charge in [0.15, 0.2) is 0 Å². The molecule has 0 aliphatic heterocycles. The van der Waals surface area contributed by atoms with E-state index in [1.807, 2.05) is 26.1 Å². The first kappa shape index (κ1) is 10.3. The van der Waals surface area contributed by atoms with Gasteiger partial charge in [-0.3, -0.25) is 0 Å². The molecule has 74 valence electrons. The maximum Gasteiger partial charge on any atom is 0.122 e. The summed E-state index contributed by atoms with van der Waals surface area (Å²) in [6.45, 7) is 6.02. The summed E-state index contributed by atoms with van der Waals surface area (Å²) < 4.78 is 5.47. The Morgan fingerprint density at radius 3 is 2.46 bits per heavy atom. The van der Waals surface area contributed by atoms with Crippen molar-refractivity contribution >= 4 is 0 Å². The van der Waals surface area contributed by atoms with Crippen LogP contribution in [0.5, 0.6) is 0 Å². The Kier molecular flexibility index (Phi) is 2.78. The van der Waals surface area contributed by atoms with Gasteiger partial charge < -0.3 is 15.5 Å². The minimum absolute atomic E-state index is 0.119. The van der Waals surface area contributed by atoms with Gasteiger partial charge >= 0.3 is 0 Å². The number of hydrogen-bond donors (Lipinski definition) is 2. The Bertz CT molecular complexity index is 278. The smallest absolute Gasteiger partial charge is 0.122 e. The fourth-order valence-electron chi connectivity index (χ4n) is 1.13. The molecule has 3 N–H and O–H groups in total. The van der Waals surface area contributed by atoms with E-state index in [0.717, 1.165) is 11.5 Å². The van der Waals surface area contributed by atoms with Crippen LogP contribution in [0.4, 0.5) is 0 Å². The highest BCUT2D eigenvalue weighted by atomic mass is 16.3. The Hall–Kier alpha value is -0.800. The van der Waals surface area contributed by atoms with E-state index in [2.05, 4.69) is 19.2 Å². The number of furan rings is 1. The average Bonchev–Trinajstić information content (AvgIpc) is 2.50. The van der Waals surface area contributed by atoms with E-state index in [9.17, 15) is 0 Å². The van der Waals surface area contributed by atoms with Gasteiger partial charge in [-0.1, -0.05) is 0 Å². The molecular formula is C10H18N2O. The van der Waals surface area contributed by atoms with Crippen LogP contribution in [0.2, 0.25) is 0 Å². The molecule has 0 aromatic carbocycles. The summed E-state index contributed by atoms with van der Waals surface area (Å²) in [6.07, 6.45) is 0. The number of likely N-dealkylation sites (N-methyl/N-ethyl adjacent to an activating group) is 1. The van der Waals surface area contributed by atoms with Crippen LogP contribution in [0.3, 0.4) is 0 Å². The van der Waals surface area contributed by atoms with E-state index in [-0.39, 0.29) is 11.6 Å². The molecule has 1 atom stereocenters. The van der Waals surface area contributed by atoms with E-state index in [4.69, 9.17) is 10.2 Å². The van der Waals surface area contributed by atoms with Gasteiger partial charge in [0.05, 0.1) is 6.04 Å². The summed E-state index contributed by atoms with van der Waals surface area (Å²) >= 11 is 0. The Labute approximate surface area is 79.3 Å². The second-order valence-corrected chi connectivity index (χ2v) is 3.90. The second kappa shape index (κ2) is 3.52. The van der Waals surface area contributed by atoms with E-state index in [1.54, 1.807) is 0 Å². The van der Waals surface area contributed by atoms with Gasteiger partial charge in [0.1, 0.15) is 11.5 Å². The van der Waals surface area contributed by atoms with Gasteiger partial charge in [-0.15, -0.1) is 0 Å². The largest absolute Gasteiger partial charge is 0.465 e. The summed E-state index contributed by atoms with van der Waals surface area (Å²) in [6, 6.07) is 3.74. The SMILES string of the molecule is CNC(C)(C)C(N)c1ccc(C)o1. The predicted molar refractivity (Wildman–Crippen MR) is 53.5 cm³/mol. The molecule has 1 heterocycles. The van der Waals surface area contributed by atoms with Crippen molar-refractivity contribution in [3.63, 3.8) is 0 Å². The zero-order valence-electron chi connectivity index (χ0n) is 8.72. The molecule has 0 aliphatic rings. The molecule has 1 rings (SSSR count). The minimum atomic E-state index is -0.149. The lowest BCUT2D eigenvalue weighted by Gasteiger charge is -2.29. The molecule has 0 aliphatic carbocycles. The van der Waals surface area contributed by atoms with Crippen LogP contribution in [0.15, 0.2) is 16.5 Å². The number of nitrogens with one attached hydrogen (secondary N) is 1. The first-order chi connectivity index (χ1) is 5.97. The third kappa shape index (κ3) is 2.11. The third-order valence-corrected chi connectivity index (χ3v) is 2.49. The van der Waals surface area contributed by atoms with Crippen molar-refractivity contribution in [1.82, 2.24) is 5.32 Å². The van der Waals surface area contributed by atoms with E-state index in [0.29, 0.717) is 0 Å². The lowest BCUT2D eigenvalue weighted by molar-refractivity contribution is 0.303. The summed E-state index contributed by atoms with van der Waals surface area (Å²) in [7, 11) is 1.90. The van der Waals surface area contributed by atoms with Crippen molar-refractivity contribution in [2.24, 2.45) is 5.73 Å². The minimum Gasteiger partial charge on any atom is -0.465 e. The van der Waals surface area contributed by atoms with Crippen LogP contribution in [-0.4, -0.2) is 12.6 Å². The summed E-state index contributed by atoms with van der Waals surface area (Å²) in [5.74, 6) is 1.73. The molecule has 1 aromatic heterocycles. The quantitative estimate of drug-likeness (QED) is 0.746. The van der Waals surface area contributed by atoms with Crippen LogP contribution in [0.1, 0.15) is 31.4 Å². The van der Waals surface area contributed by atoms with E-state index in [1.165, 1.54) is 0 Å². The maximum atomic E-state index is 6.04. The molecule has 1 unspecified atom stereocenters. The molecule has 3 nitrogen and oxygen atoms in total. The highest BCUT2D eigenvalue weighted by molar-refractivity contribution is 5.13. The van der Waals surface area contributed by atoms with Crippen LogP contribution in [0.25, 0.3) is 0 Å². The number of aryl methyl sites for hydroxylation is 1. The van der Waals surface area contributed by atoms with Gasteiger partial charge in [0.25, 0.3) is 0 Å². The molecular weight excluding hydrogens is 164 g/mol. The second-order valence-electron chi connectivity index (χ2n) is 3.90. The molecule has 0 bridgehead atoms. The zero-order chi connectivity index (χ0) is 10.1. The van der Waals surface area contributed by atoms with Gasteiger partial charge in [-0.2, -0.15) is 0 Å². The Morgan fingerprint density at radius 1 is 1.46 bits per heavy atom. The number of hydrogen-bond acceptors (Lipinski definition) is 3. The molecule has 1 aromatic rings. The number of rotatable bonds is 3. The lowest BCUT2D eigenvalue weighted by Crippen LogP contribution is -2.46. The molecule has 0 saturated heterocycles. The molecule has 13 heavy (non-hydrogen) atoms. The van der Waals surface area contributed by atoms with Crippen molar-refractivity contribution in [3.8, 4) is 0 Å². The fraction of sp³-hybridized carbons (Fsp3) is 0.600. The fourth-order valence-corrected chi connectivity index (χ4v) is 1.13. The van der Waals surface area contributed by atoms with E-state index >= 15 is 0 Å². The topological polar surface area (TPSA) is 51.2 Å². The van der Waals surface area contributed by atoms with Crippen LogP contribution >= 0.6 is 0 Å². The van der Waals surface area contributed by atoms with Gasteiger partial charge in [0, 0.05) is 5.54 Å². The van der Waals surface area contributed by atoms with Crippen LogP contribution in [-0.2, 0) is 0 Å². The maximum absolute atomic E-state index is 6.04. The predicted octanol–water partition coefficient (Wildman–Crippen LogP) is 1.59. The van der Waals surface area contributed by atoms with Crippen molar-refractivity contribution in [1.29, 1.82) is 0 Å². The van der Waals surface area contributed by atoms with Gasteiger partial charge in [-0.05, 0) is 40.0 Å². The highest BCUT2D eigenvalue weighted by Crippen LogP contribution is 2.23. The van der Waals surface area contributed by atoms with Crippen LogP contribution < -0.4 is 11.1 Å². The molecule has 0 amide bonds. The molecule has 3 heteroatoms. The summed E-state index contributed by atoms with van der Waals surface area (Å²) in [5.41, 5.74) is 5.89. The van der Waals surface area contributed by atoms with Gasteiger partial charge in [-0.25, -0.2) is 0 Å². The van der Waals surface area contributed by atoms with Crippen LogP contribution in [0, 0.1) is 6.92 Å². The zero-order valence-corrected chi connectivity index (χ0v) is 8.72. The summed E-state index contributed by atoms with van der Waals surface area (Å²) in [5, 5.41) is 3.16.